The molecule has 0 bridgehead atoms. The molecule has 1 aromatic heterocycles. The summed E-state index contributed by atoms with van der Waals surface area (Å²) in [5.41, 5.74) is 4.58. The molecular weight excluding hydrogens is 322 g/mol. The number of nitrogens with zero attached hydrogens (tertiary/aromatic N) is 4. The van der Waals surface area contributed by atoms with Gasteiger partial charge < -0.3 is 10.2 Å². The van der Waals surface area contributed by atoms with Gasteiger partial charge in [-0.3, -0.25) is 0 Å². The Morgan fingerprint density at radius 2 is 1.81 bits per heavy atom. The molecule has 0 atom stereocenters. The average molecular weight is 347 g/mol. The zero-order valence-corrected chi connectivity index (χ0v) is 15.8. The van der Waals surface area contributed by atoms with E-state index < -0.39 is 0 Å². The molecule has 134 valence electrons. The maximum absolute atomic E-state index is 4.70. The van der Waals surface area contributed by atoms with Crippen molar-refractivity contribution in [3.8, 4) is 0 Å². The van der Waals surface area contributed by atoms with Crippen LogP contribution in [0.2, 0.25) is 0 Å². The van der Waals surface area contributed by atoms with E-state index in [4.69, 9.17) is 4.98 Å². The van der Waals surface area contributed by atoms with Crippen LogP contribution in [0.25, 0.3) is 0 Å². The zero-order valence-electron chi connectivity index (χ0n) is 15.8. The van der Waals surface area contributed by atoms with E-state index >= 15 is 0 Å². The van der Waals surface area contributed by atoms with E-state index in [1.807, 2.05) is 6.07 Å². The van der Waals surface area contributed by atoms with Crippen molar-refractivity contribution in [3.63, 3.8) is 0 Å². The van der Waals surface area contributed by atoms with Crippen LogP contribution >= 0.6 is 0 Å². The molecule has 3 aromatic rings. The van der Waals surface area contributed by atoms with Gasteiger partial charge in [0, 0.05) is 18.3 Å². The van der Waals surface area contributed by atoms with Crippen LogP contribution in [0.3, 0.4) is 0 Å². The molecule has 26 heavy (non-hydrogen) atoms. The fourth-order valence-corrected chi connectivity index (χ4v) is 2.79. The third-order valence-corrected chi connectivity index (χ3v) is 4.30. The molecule has 0 aliphatic rings. The van der Waals surface area contributed by atoms with Gasteiger partial charge in [0.2, 0.25) is 5.95 Å². The maximum atomic E-state index is 4.70. The first-order valence-corrected chi connectivity index (χ1v) is 8.87. The Morgan fingerprint density at radius 1 is 1.04 bits per heavy atom. The molecule has 0 saturated carbocycles. The summed E-state index contributed by atoms with van der Waals surface area (Å²) in [6.45, 7) is 9.22. The first-order chi connectivity index (χ1) is 12.5. The standard InChI is InChI=1S/C21H25N5/c1-15(2)26(14-18-8-6-5-7-9-18)20-13-22-25-21(24-20)23-19-12-16(3)10-11-17(19)4/h5-13,15H,14H2,1-4H3,(H,23,24,25). The first-order valence-electron chi connectivity index (χ1n) is 8.87. The molecule has 0 saturated heterocycles. The third kappa shape index (κ3) is 4.36. The molecule has 0 spiro atoms. The normalized spacial score (nSPS) is 10.8. The lowest BCUT2D eigenvalue weighted by Gasteiger charge is -2.27. The Bertz CT molecular complexity index is 861. The average Bonchev–Trinajstić information content (AvgIpc) is 2.63. The van der Waals surface area contributed by atoms with Crippen molar-refractivity contribution >= 4 is 17.5 Å². The number of benzene rings is 2. The topological polar surface area (TPSA) is 53.9 Å². The van der Waals surface area contributed by atoms with E-state index in [1.165, 1.54) is 11.1 Å². The largest absolute Gasteiger partial charge is 0.348 e. The summed E-state index contributed by atoms with van der Waals surface area (Å²) in [6, 6.07) is 17.0. The van der Waals surface area contributed by atoms with Crippen molar-refractivity contribution in [3.05, 3.63) is 71.4 Å². The summed E-state index contributed by atoms with van der Waals surface area (Å²) in [6.07, 6.45) is 1.72. The van der Waals surface area contributed by atoms with Gasteiger partial charge in [-0.25, -0.2) is 0 Å². The van der Waals surface area contributed by atoms with Gasteiger partial charge in [0.05, 0.1) is 6.20 Å². The molecule has 0 amide bonds. The van der Waals surface area contributed by atoms with Gasteiger partial charge in [-0.15, -0.1) is 5.10 Å². The van der Waals surface area contributed by atoms with Crippen LogP contribution in [0.1, 0.15) is 30.5 Å². The van der Waals surface area contributed by atoms with Gasteiger partial charge in [-0.1, -0.05) is 42.5 Å². The molecule has 2 aromatic carbocycles. The van der Waals surface area contributed by atoms with E-state index in [1.54, 1.807) is 6.20 Å². The Labute approximate surface area is 155 Å². The predicted octanol–water partition coefficient (Wildman–Crippen LogP) is 4.65. The molecule has 0 radical (unpaired) electrons. The molecule has 1 heterocycles. The number of nitrogens with one attached hydrogen (secondary N) is 1. The molecule has 0 aliphatic heterocycles. The summed E-state index contributed by atoms with van der Waals surface area (Å²) in [5, 5.41) is 11.6. The van der Waals surface area contributed by atoms with E-state index in [0.717, 1.165) is 23.6 Å². The Hall–Kier alpha value is -2.95. The van der Waals surface area contributed by atoms with Gasteiger partial charge in [-0.05, 0) is 50.5 Å². The lowest BCUT2D eigenvalue weighted by atomic mass is 10.1. The lowest BCUT2D eigenvalue weighted by molar-refractivity contribution is 0.668. The van der Waals surface area contributed by atoms with Crippen LogP contribution in [0.15, 0.2) is 54.7 Å². The Kier molecular flexibility index (Phi) is 5.46. The SMILES string of the molecule is Cc1ccc(C)c(Nc2nncc(N(Cc3ccccc3)C(C)C)n2)c1. The molecule has 5 heteroatoms. The van der Waals surface area contributed by atoms with Crippen molar-refractivity contribution in [2.75, 3.05) is 10.2 Å². The van der Waals surface area contributed by atoms with Crippen LogP contribution in [0.5, 0.6) is 0 Å². The van der Waals surface area contributed by atoms with Crippen molar-refractivity contribution in [2.24, 2.45) is 0 Å². The summed E-state index contributed by atoms with van der Waals surface area (Å²) in [4.78, 5) is 6.92. The van der Waals surface area contributed by atoms with Gasteiger partial charge >= 0.3 is 0 Å². The van der Waals surface area contributed by atoms with E-state index in [0.29, 0.717) is 12.0 Å². The summed E-state index contributed by atoms with van der Waals surface area (Å²) < 4.78 is 0. The second-order valence-electron chi connectivity index (χ2n) is 6.79. The molecule has 5 nitrogen and oxygen atoms in total. The third-order valence-electron chi connectivity index (χ3n) is 4.30. The summed E-state index contributed by atoms with van der Waals surface area (Å²) in [5.74, 6) is 1.32. The van der Waals surface area contributed by atoms with Gasteiger partial charge in [0.1, 0.15) is 0 Å². The fourth-order valence-electron chi connectivity index (χ4n) is 2.79. The lowest BCUT2D eigenvalue weighted by Crippen LogP contribution is -2.31. The molecule has 0 unspecified atom stereocenters. The van der Waals surface area contributed by atoms with Crippen molar-refractivity contribution < 1.29 is 0 Å². The quantitative estimate of drug-likeness (QED) is 0.703. The Morgan fingerprint density at radius 3 is 2.54 bits per heavy atom. The zero-order chi connectivity index (χ0) is 18.5. The number of aromatic nitrogens is 3. The molecule has 1 N–H and O–H groups in total. The molecule has 0 fully saturated rings. The van der Waals surface area contributed by atoms with Crippen molar-refractivity contribution in [1.29, 1.82) is 0 Å². The van der Waals surface area contributed by atoms with E-state index in [9.17, 15) is 0 Å². The number of aryl methyl sites for hydroxylation is 2. The predicted molar refractivity (Wildman–Crippen MR) is 107 cm³/mol. The monoisotopic (exact) mass is 347 g/mol. The van der Waals surface area contributed by atoms with Gasteiger partial charge in [0.25, 0.3) is 0 Å². The highest BCUT2D eigenvalue weighted by molar-refractivity contribution is 5.60. The minimum absolute atomic E-state index is 0.292. The van der Waals surface area contributed by atoms with E-state index in [2.05, 4.69) is 90.6 Å². The number of hydrogen-bond donors (Lipinski definition) is 1. The van der Waals surface area contributed by atoms with Gasteiger partial charge in [0.15, 0.2) is 5.82 Å². The molecule has 3 rings (SSSR count). The highest BCUT2D eigenvalue weighted by Gasteiger charge is 2.14. The molecular formula is C21H25N5. The Balaban J connectivity index is 1.85. The van der Waals surface area contributed by atoms with E-state index in [-0.39, 0.29) is 0 Å². The second kappa shape index (κ2) is 7.95. The number of hydrogen-bond acceptors (Lipinski definition) is 5. The van der Waals surface area contributed by atoms with Crippen LogP contribution in [0, 0.1) is 13.8 Å². The van der Waals surface area contributed by atoms with Crippen LogP contribution in [-0.2, 0) is 6.54 Å². The highest BCUT2D eigenvalue weighted by atomic mass is 15.3. The minimum Gasteiger partial charge on any atom is -0.348 e. The highest BCUT2D eigenvalue weighted by Crippen LogP contribution is 2.22. The summed E-state index contributed by atoms with van der Waals surface area (Å²) >= 11 is 0. The first kappa shape index (κ1) is 17.9. The molecule has 0 aliphatic carbocycles. The number of rotatable bonds is 6. The number of anilines is 3. The second-order valence-corrected chi connectivity index (χ2v) is 6.79. The van der Waals surface area contributed by atoms with Gasteiger partial charge in [-0.2, -0.15) is 10.1 Å². The van der Waals surface area contributed by atoms with Crippen LogP contribution in [-0.4, -0.2) is 21.2 Å². The van der Waals surface area contributed by atoms with Crippen LogP contribution in [0.4, 0.5) is 17.5 Å². The maximum Gasteiger partial charge on any atom is 0.249 e. The van der Waals surface area contributed by atoms with Crippen LogP contribution < -0.4 is 10.2 Å². The van der Waals surface area contributed by atoms with Crippen molar-refractivity contribution in [1.82, 2.24) is 15.2 Å². The summed E-state index contributed by atoms with van der Waals surface area (Å²) in [7, 11) is 0. The minimum atomic E-state index is 0.292. The smallest absolute Gasteiger partial charge is 0.249 e. The van der Waals surface area contributed by atoms with Crippen molar-refractivity contribution in [2.45, 2.75) is 40.3 Å². The fraction of sp³-hybridized carbons (Fsp3) is 0.286.